The summed E-state index contributed by atoms with van der Waals surface area (Å²) in [5.41, 5.74) is 0.248. The van der Waals surface area contributed by atoms with Crippen LogP contribution < -0.4 is 4.90 Å². The third-order valence-electron chi connectivity index (χ3n) is 6.31. The first-order chi connectivity index (χ1) is 15.4. The van der Waals surface area contributed by atoms with Crippen LogP contribution in [0.15, 0.2) is 48.7 Å². The van der Waals surface area contributed by atoms with Crippen LogP contribution in [-0.4, -0.2) is 60.0 Å². The Bertz CT molecular complexity index is 882. The van der Waals surface area contributed by atoms with Crippen molar-refractivity contribution in [2.45, 2.75) is 37.9 Å². The van der Waals surface area contributed by atoms with Gasteiger partial charge in [0, 0.05) is 45.5 Å². The lowest BCUT2D eigenvalue weighted by Gasteiger charge is -2.36. The number of likely N-dealkylation sites (tertiary alicyclic amines) is 1. The van der Waals surface area contributed by atoms with Gasteiger partial charge in [0.15, 0.2) is 0 Å². The van der Waals surface area contributed by atoms with E-state index in [-0.39, 0.29) is 11.9 Å². The van der Waals surface area contributed by atoms with Crippen molar-refractivity contribution in [2.24, 2.45) is 0 Å². The van der Waals surface area contributed by atoms with Gasteiger partial charge >= 0.3 is 6.18 Å². The summed E-state index contributed by atoms with van der Waals surface area (Å²) < 4.78 is 38.6. The number of hydrogen-bond acceptors (Lipinski definition) is 4. The summed E-state index contributed by atoms with van der Waals surface area (Å²) in [5, 5.41) is 0. The van der Waals surface area contributed by atoms with E-state index in [4.69, 9.17) is 0 Å². The molecule has 32 heavy (non-hydrogen) atoms. The van der Waals surface area contributed by atoms with E-state index in [0.717, 1.165) is 56.7 Å². The maximum atomic E-state index is 13.5. The molecule has 0 radical (unpaired) electrons. The summed E-state index contributed by atoms with van der Waals surface area (Å²) in [6.07, 6.45) is 0.558. The van der Waals surface area contributed by atoms with Gasteiger partial charge in [0.25, 0.3) is 0 Å². The summed E-state index contributed by atoms with van der Waals surface area (Å²) in [6, 6.07) is 12.1. The number of amides is 1. The molecule has 0 bridgehead atoms. The molecular formula is C24H29F3N4O. The molecule has 3 heterocycles. The number of anilines is 1. The number of hydrogen-bond donors (Lipinski definition) is 0. The molecule has 2 saturated heterocycles. The number of piperidine rings is 1. The Labute approximate surface area is 186 Å². The van der Waals surface area contributed by atoms with Gasteiger partial charge in [-0.2, -0.15) is 13.2 Å². The molecule has 1 atom stereocenters. The van der Waals surface area contributed by atoms with E-state index in [1.54, 1.807) is 0 Å². The van der Waals surface area contributed by atoms with Gasteiger partial charge in [-0.3, -0.25) is 9.69 Å². The molecule has 2 fully saturated rings. The van der Waals surface area contributed by atoms with Crippen LogP contribution in [0.1, 0.15) is 42.9 Å². The predicted octanol–water partition coefficient (Wildman–Crippen LogP) is 4.37. The highest BCUT2D eigenvalue weighted by Crippen LogP contribution is 2.30. The number of alkyl halides is 3. The third-order valence-corrected chi connectivity index (χ3v) is 6.31. The van der Waals surface area contributed by atoms with Crippen molar-refractivity contribution >= 4 is 11.7 Å². The van der Waals surface area contributed by atoms with Crippen molar-refractivity contribution in [1.29, 1.82) is 0 Å². The quantitative estimate of drug-likeness (QED) is 0.700. The number of aromatic nitrogens is 1. The second-order valence-corrected chi connectivity index (χ2v) is 8.48. The topological polar surface area (TPSA) is 39.7 Å². The van der Waals surface area contributed by atoms with Gasteiger partial charge in [0.1, 0.15) is 11.9 Å². The lowest BCUT2D eigenvalue weighted by atomic mass is 10.0. The largest absolute Gasteiger partial charge is 0.417 e. The number of benzene rings is 1. The smallest absolute Gasteiger partial charge is 0.355 e. The van der Waals surface area contributed by atoms with Crippen LogP contribution in [0, 0.1) is 0 Å². The second-order valence-electron chi connectivity index (χ2n) is 8.48. The fourth-order valence-corrected chi connectivity index (χ4v) is 4.60. The minimum absolute atomic E-state index is 0.150. The average molecular weight is 447 g/mol. The summed E-state index contributed by atoms with van der Waals surface area (Å²) in [4.78, 5) is 23.8. The first-order valence-corrected chi connectivity index (χ1v) is 11.3. The van der Waals surface area contributed by atoms with Crippen LogP contribution in [0.2, 0.25) is 0 Å². The Hall–Kier alpha value is -2.61. The van der Waals surface area contributed by atoms with Gasteiger partial charge in [-0.05, 0) is 43.4 Å². The fourth-order valence-electron chi connectivity index (χ4n) is 4.60. The van der Waals surface area contributed by atoms with Crippen LogP contribution in [-0.2, 0) is 11.0 Å². The molecule has 0 spiro atoms. The van der Waals surface area contributed by atoms with Crippen molar-refractivity contribution < 1.29 is 18.0 Å². The molecule has 1 amide bonds. The molecular weight excluding hydrogens is 417 g/mol. The maximum absolute atomic E-state index is 13.5. The zero-order valence-corrected chi connectivity index (χ0v) is 18.1. The Morgan fingerprint density at radius 3 is 2.25 bits per heavy atom. The zero-order valence-electron chi connectivity index (χ0n) is 18.1. The van der Waals surface area contributed by atoms with Crippen LogP contribution in [0.3, 0.4) is 0 Å². The van der Waals surface area contributed by atoms with Crippen LogP contribution in [0.5, 0.6) is 0 Å². The summed E-state index contributed by atoms with van der Waals surface area (Å²) in [5.74, 6) is 0.690. The second kappa shape index (κ2) is 9.90. The van der Waals surface area contributed by atoms with Crippen molar-refractivity contribution in [2.75, 3.05) is 44.2 Å². The normalized spacial score (nSPS) is 19.5. The number of halogens is 3. The first kappa shape index (κ1) is 22.6. The Kier molecular flexibility index (Phi) is 6.98. The predicted molar refractivity (Wildman–Crippen MR) is 117 cm³/mol. The van der Waals surface area contributed by atoms with Crippen LogP contribution in [0.25, 0.3) is 0 Å². The minimum Gasteiger partial charge on any atom is -0.355 e. The number of pyridine rings is 1. The van der Waals surface area contributed by atoms with Gasteiger partial charge in [-0.25, -0.2) is 4.98 Å². The van der Waals surface area contributed by atoms with E-state index in [1.165, 1.54) is 12.5 Å². The van der Waals surface area contributed by atoms with Gasteiger partial charge in [0.05, 0.1) is 5.56 Å². The molecule has 2 aromatic rings. The average Bonchev–Trinajstić information content (AvgIpc) is 3.06. The highest BCUT2D eigenvalue weighted by Gasteiger charge is 2.34. The Morgan fingerprint density at radius 1 is 0.844 bits per heavy atom. The van der Waals surface area contributed by atoms with E-state index in [1.807, 2.05) is 40.1 Å². The standard InChI is InChI=1S/C24H29F3N4O/c25-24(26,27)20-10-11-21(28-18-20)29-14-7-15-30(17-16-29)22(19-8-3-1-4-9-19)23(32)31-12-5-2-6-13-31/h1,3-4,8-11,18,22H,2,5-7,12-17H2/t22-/m0/s1. The third kappa shape index (κ3) is 5.23. The summed E-state index contributed by atoms with van der Waals surface area (Å²) in [6.45, 7) is 4.29. The molecule has 1 aromatic carbocycles. The van der Waals surface area contributed by atoms with E-state index >= 15 is 0 Å². The Morgan fingerprint density at radius 2 is 1.59 bits per heavy atom. The zero-order chi connectivity index (χ0) is 22.6. The minimum atomic E-state index is -4.39. The summed E-state index contributed by atoms with van der Waals surface area (Å²) in [7, 11) is 0. The number of rotatable bonds is 4. The van der Waals surface area contributed by atoms with Crippen LogP contribution >= 0.6 is 0 Å². The molecule has 2 aliphatic heterocycles. The molecule has 0 aliphatic carbocycles. The number of nitrogens with zero attached hydrogens (tertiary/aromatic N) is 4. The van der Waals surface area contributed by atoms with Gasteiger partial charge in [0.2, 0.25) is 5.91 Å². The summed E-state index contributed by atoms with van der Waals surface area (Å²) >= 11 is 0. The van der Waals surface area contributed by atoms with Crippen molar-refractivity contribution in [3.63, 3.8) is 0 Å². The molecule has 2 aliphatic rings. The van der Waals surface area contributed by atoms with Crippen molar-refractivity contribution in [3.8, 4) is 0 Å². The first-order valence-electron chi connectivity index (χ1n) is 11.3. The van der Waals surface area contributed by atoms with Gasteiger partial charge < -0.3 is 9.80 Å². The molecule has 0 N–H and O–H groups in total. The SMILES string of the molecule is O=C([C@H](c1ccccc1)N1CCCN(c2ccc(C(F)(F)F)cn2)CC1)N1CCCCC1. The maximum Gasteiger partial charge on any atom is 0.417 e. The number of carbonyl (C=O) groups excluding carboxylic acids is 1. The molecule has 5 nitrogen and oxygen atoms in total. The van der Waals surface area contributed by atoms with Crippen LogP contribution in [0.4, 0.5) is 19.0 Å². The van der Waals surface area contributed by atoms with Crippen molar-refractivity contribution in [3.05, 3.63) is 59.8 Å². The molecule has 1 aromatic heterocycles. The molecule has 0 saturated carbocycles. The molecule has 8 heteroatoms. The van der Waals surface area contributed by atoms with E-state index in [0.29, 0.717) is 25.5 Å². The van der Waals surface area contributed by atoms with Gasteiger partial charge in [-0.1, -0.05) is 30.3 Å². The lowest BCUT2D eigenvalue weighted by Crippen LogP contribution is -2.46. The number of carbonyl (C=O) groups is 1. The fraction of sp³-hybridized carbons (Fsp3) is 0.500. The highest BCUT2D eigenvalue weighted by molar-refractivity contribution is 5.83. The van der Waals surface area contributed by atoms with Gasteiger partial charge in [-0.15, -0.1) is 0 Å². The molecule has 4 rings (SSSR count). The Balaban J connectivity index is 1.50. The monoisotopic (exact) mass is 446 g/mol. The molecule has 0 unspecified atom stereocenters. The van der Waals surface area contributed by atoms with E-state index in [9.17, 15) is 18.0 Å². The lowest BCUT2D eigenvalue weighted by molar-refractivity contribution is -0.138. The highest BCUT2D eigenvalue weighted by atomic mass is 19.4. The van der Waals surface area contributed by atoms with E-state index < -0.39 is 11.7 Å². The van der Waals surface area contributed by atoms with Crippen molar-refractivity contribution in [1.82, 2.24) is 14.8 Å². The van der Waals surface area contributed by atoms with E-state index in [2.05, 4.69) is 9.88 Å². The molecule has 172 valence electrons.